The van der Waals surface area contributed by atoms with Gasteiger partial charge in [0.2, 0.25) is 10.0 Å². The molecule has 1 fully saturated rings. The lowest BCUT2D eigenvalue weighted by molar-refractivity contribution is -0.0114. The van der Waals surface area contributed by atoms with Gasteiger partial charge in [0.15, 0.2) is 0 Å². The Labute approximate surface area is 116 Å². The first-order valence-corrected chi connectivity index (χ1v) is 8.49. The summed E-state index contributed by atoms with van der Waals surface area (Å²) >= 11 is 0. The molecule has 1 rings (SSSR count). The Morgan fingerprint density at radius 1 is 1.26 bits per heavy atom. The number of hydrogen-bond acceptors (Lipinski definition) is 5. The molecule has 1 aliphatic heterocycles. The van der Waals surface area contributed by atoms with Crippen molar-refractivity contribution in [2.45, 2.75) is 31.9 Å². The smallest absolute Gasteiger partial charge is 0.211 e. The van der Waals surface area contributed by atoms with Crippen molar-refractivity contribution < 1.29 is 13.2 Å². The van der Waals surface area contributed by atoms with Crippen LogP contribution < -0.4 is 5.73 Å². The van der Waals surface area contributed by atoms with Crippen LogP contribution in [0.2, 0.25) is 0 Å². The van der Waals surface area contributed by atoms with Crippen LogP contribution in [0.1, 0.15) is 20.3 Å². The number of methoxy groups -OCH3 is 1. The Hall–Kier alpha value is -0.210. The van der Waals surface area contributed by atoms with E-state index >= 15 is 0 Å². The fourth-order valence-corrected chi connectivity index (χ4v) is 3.24. The van der Waals surface area contributed by atoms with Crippen molar-refractivity contribution >= 4 is 10.0 Å². The van der Waals surface area contributed by atoms with E-state index in [1.807, 2.05) is 13.8 Å². The van der Waals surface area contributed by atoms with Crippen molar-refractivity contribution in [2.24, 2.45) is 5.73 Å². The average Bonchev–Trinajstić information content (AvgIpc) is 2.35. The van der Waals surface area contributed by atoms with Crippen molar-refractivity contribution in [1.82, 2.24) is 9.21 Å². The van der Waals surface area contributed by atoms with Crippen LogP contribution in [0.5, 0.6) is 0 Å². The summed E-state index contributed by atoms with van der Waals surface area (Å²) in [6.45, 7) is 7.20. The molecule has 0 aromatic rings. The molecule has 0 aromatic carbocycles. The zero-order valence-electron chi connectivity index (χ0n) is 12.4. The van der Waals surface area contributed by atoms with Gasteiger partial charge in [-0.1, -0.05) is 0 Å². The molecule has 1 aliphatic rings. The number of sulfonamides is 1. The highest BCUT2D eigenvalue weighted by Crippen LogP contribution is 2.20. The second-order valence-electron chi connectivity index (χ2n) is 5.76. The van der Waals surface area contributed by atoms with Gasteiger partial charge in [-0.3, -0.25) is 4.90 Å². The molecule has 7 heteroatoms. The van der Waals surface area contributed by atoms with E-state index in [4.69, 9.17) is 10.5 Å². The Morgan fingerprint density at radius 3 is 2.16 bits per heavy atom. The normalized spacial score (nSPS) is 21.5. The van der Waals surface area contributed by atoms with Gasteiger partial charge >= 0.3 is 0 Å². The molecule has 0 aliphatic carbocycles. The first-order chi connectivity index (χ1) is 8.69. The van der Waals surface area contributed by atoms with Crippen LogP contribution in [0.15, 0.2) is 0 Å². The highest BCUT2D eigenvalue weighted by Gasteiger charge is 2.30. The summed E-state index contributed by atoms with van der Waals surface area (Å²) in [5.41, 5.74) is 5.65. The number of rotatable bonds is 6. The Bertz CT molecular complexity index is 376. The van der Waals surface area contributed by atoms with Crippen molar-refractivity contribution in [2.75, 3.05) is 46.1 Å². The van der Waals surface area contributed by atoms with Gasteiger partial charge in [-0.25, -0.2) is 8.42 Å². The van der Waals surface area contributed by atoms with Gasteiger partial charge in [0, 0.05) is 45.9 Å². The molecule has 1 heterocycles. The zero-order valence-corrected chi connectivity index (χ0v) is 13.2. The summed E-state index contributed by atoms with van der Waals surface area (Å²) in [5.74, 6) is 0. The Morgan fingerprint density at radius 2 is 1.79 bits per heavy atom. The van der Waals surface area contributed by atoms with Gasteiger partial charge in [0.05, 0.1) is 11.9 Å². The minimum atomic E-state index is -3.07. The molecule has 0 amide bonds. The van der Waals surface area contributed by atoms with Crippen molar-refractivity contribution in [1.29, 1.82) is 0 Å². The molecule has 1 unspecified atom stereocenters. The summed E-state index contributed by atoms with van der Waals surface area (Å²) in [6.07, 6.45) is 2.11. The second kappa shape index (κ2) is 6.49. The molecule has 0 radical (unpaired) electrons. The predicted molar refractivity (Wildman–Crippen MR) is 76.5 cm³/mol. The third-order valence-corrected chi connectivity index (χ3v) is 5.11. The number of nitrogens with two attached hydrogens (primary N) is 1. The van der Waals surface area contributed by atoms with E-state index in [1.165, 1.54) is 10.6 Å². The van der Waals surface area contributed by atoms with Gasteiger partial charge < -0.3 is 10.5 Å². The standard InChI is InChI=1S/C12H27N3O3S/c1-12(2,18-3)9-11(10-13)14-5-7-15(8-6-14)19(4,16)17/h11H,5-10,13H2,1-4H3. The minimum Gasteiger partial charge on any atom is -0.379 e. The maximum absolute atomic E-state index is 11.5. The number of ether oxygens (including phenoxy) is 1. The van der Waals surface area contributed by atoms with Crippen molar-refractivity contribution in [3.8, 4) is 0 Å². The molecule has 114 valence electrons. The second-order valence-corrected chi connectivity index (χ2v) is 7.74. The van der Waals surface area contributed by atoms with E-state index < -0.39 is 10.0 Å². The summed E-state index contributed by atoms with van der Waals surface area (Å²) in [5, 5.41) is 0. The van der Waals surface area contributed by atoms with E-state index in [-0.39, 0.29) is 11.6 Å². The molecule has 19 heavy (non-hydrogen) atoms. The number of hydrogen-bond donors (Lipinski definition) is 1. The number of piperazine rings is 1. The Kier molecular flexibility index (Phi) is 5.76. The lowest BCUT2D eigenvalue weighted by atomic mass is 9.97. The maximum atomic E-state index is 11.5. The summed E-state index contributed by atoms with van der Waals surface area (Å²) in [4.78, 5) is 2.27. The highest BCUT2D eigenvalue weighted by molar-refractivity contribution is 7.88. The van der Waals surface area contributed by atoms with Gasteiger partial charge in [0.25, 0.3) is 0 Å². The fourth-order valence-electron chi connectivity index (χ4n) is 2.41. The molecular weight excluding hydrogens is 266 g/mol. The lowest BCUT2D eigenvalue weighted by Gasteiger charge is -2.40. The van der Waals surface area contributed by atoms with E-state index in [0.29, 0.717) is 19.6 Å². The quantitative estimate of drug-likeness (QED) is 0.728. The predicted octanol–water partition coefficient (Wildman–Crippen LogP) is -0.294. The van der Waals surface area contributed by atoms with Gasteiger partial charge in [-0.05, 0) is 20.3 Å². The molecule has 6 nitrogen and oxygen atoms in total. The topological polar surface area (TPSA) is 75.9 Å². The van der Waals surface area contributed by atoms with E-state index in [1.54, 1.807) is 7.11 Å². The van der Waals surface area contributed by atoms with Gasteiger partial charge in [-0.15, -0.1) is 0 Å². The zero-order chi connectivity index (χ0) is 14.7. The van der Waals surface area contributed by atoms with Gasteiger partial charge in [0.1, 0.15) is 0 Å². The van der Waals surface area contributed by atoms with Crippen LogP contribution in [-0.4, -0.2) is 75.4 Å². The largest absolute Gasteiger partial charge is 0.379 e. The Balaban J connectivity index is 2.57. The van der Waals surface area contributed by atoms with Gasteiger partial charge in [-0.2, -0.15) is 4.31 Å². The SMILES string of the molecule is COC(C)(C)CC(CN)N1CCN(S(C)(=O)=O)CC1. The summed E-state index contributed by atoms with van der Waals surface area (Å²) < 4.78 is 29.9. The monoisotopic (exact) mass is 293 g/mol. The average molecular weight is 293 g/mol. The molecule has 2 N–H and O–H groups in total. The molecular formula is C12H27N3O3S. The molecule has 0 saturated carbocycles. The van der Waals surface area contributed by atoms with Crippen LogP contribution in [0.25, 0.3) is 0 Å². The fraction of sp³-hybridized carbons (Fsp3) is 1.00. The van der Waals surface area contributed by atoms with Crippen LogP contribution in [-0.2, 0) is 14.8 Å². The summed E-state index contributed by atoms with van der Waals surface area (Å²) in [7, 11) is -1.37. The minimum absolute atomic E-state index is 0.210. The van der Waals surface area contributed by atoms with E-state index in [9.17, 15) is 8.42 Å². The molecule has 1 atom stereocenters. The van der Waals surface area contributed by atoms with E-state index in [0.717, 1.165) is 19.5 Å². The molecule has 0 spiro atoms. The van der Waals surface area contributed by atoms with Crippen LogP contribution in [0.3, 0.4) is 0 Å². The molecule has 0 bridgehead atoms. The lowest BCUT2D eigenvalue weighted by Crippen LogP contribution is -2.54. The molecule has 0 aromatic heterocycles. The first kappa shape index (κ1) is 16.8. The maximum Gasteiger partial charge on any atom is 0.211 e. The third kappa shape index (κ3) is 5.00. The van der Waals surface area contributed by atoms with Crippen molar-refractivity contribution in [3.05, 3.63) is 0 Å². The highest BCUT2D eigenvalue weighted by atomic mass is 32.2. The van der Waals surface area contributed by atoms with Crippen LogP contribution >= 0.6 is 0 Å². The van der Waals surface area contributed by atoms with Crippen LogP contribution in [0, 0.1) is 0 Å². The molecule has 1 saturated heterocycles. The first-order valence-electron chi connectivity index (χ1n) is 6.64. The van der Waals surface area contributed by atoms with Crippen molar-refractivity contribution in [3.63, 3.8) is 0 Å². The van der Waals surface area contributed by atoms with E-state index in [2.05, 4.69) is 4.90 Å². The summed E-state index contributed by atoms with van der Waals surface area (Å²) in [6, 6.07) is 0.233. The number of nitrogens with zero attached hydrogens (tertiary/aromatic N) is 2. The van der Waals surface area contributed by atoms with Crippen LogP contribution in [0.4, 0.5) is 0 Å². The third-order valence-electron chi connectivity index (χ3n) is 3.81.